The van der Waals surface area contributed by atoms with Gasteiger partial charge in [-0.2, -0.15) is 8.42 Å². The summed E-state index contributed by atoms with van der Waals surface area (Å²) in [6, 6.07) is 13.3. The summed E-state index contributed by atoms with van der Waals surface area (Å²) >= 11 is 0. The largest absolute Gasteiger partial charge is 0.358 e. The van der Waals surface area contributed by atoms with Gasteiger partial charge in [0.25, 0.3) is 5.69 Å². The van der Waals surface area contributed by atoms with E-state index in [-0.39, 0.29) is 22.0 Å². The van der Waals surface area contributed by atoms with Crippen molar-refractivity contribution in [2.24, 2.45) is 0 Å². The van der Waals surface area contributed by atoms with Crippen LogP contribution in [-0.4, -0.2) is 18.3 Å². The Morgan fingerprint density at radius 3 is 2.42 bits per heavy atom. The zero-order valence-corrected chi connectivity index (χ0v) is 13.4. The molecule has 3 rings (SSSR count). The number of hydrogen-bond donors (Lipinski definition) is 0. The molecular weight excluding hydrogens is 332 g/mol. The number of nitro groups is 1. The first kappa shape index (κ1) is 15.9. The zero-order valence-electron chi connectivity index (χ0n) is 12.5. The summed E-state index contributed by atoms with van der Waals surface area (Å²) in [6.45, 7) is 1.84. The van der Waals surface area contributed by atoms with E-state index < -0.39 is 15.0 Å². The summed E-state index contributed by atoms with van der Waals surface area (Å²) in [5, 5.41) is 11.3. The number of fused-ring (bicyclic) bond motifs is 1. The van der Waals surface area contributed by atoms with E-state index in [4.69, 9.17) is 4.18 Å². The fraction of sp³-hybridized carbons (Fsp3) is 0.0625. The first-order valence-electron chi connectivity index (χ1n) is 6.92. The third-order valence-corrected chi connectivity index (χ3v) is 4.62. The number of rotatable bonds is 4. The maximum Gasteiger partial charge on any atom is 0.340 e. The topological polar surface area (TPSA) is 99.4 Å². The highest BCUT2D eigenvalue weighted by Gasteiger charge is 2.18. The molecular formula is C16H12N2O5S. The molecule has 0 aliphatic carbocycles. The Morgan fingerprint density at radius 2 is 1.75 bits per heavy atom. The standard InChI is InChI=1S/C16H12N2O5S/c1-11-5-7-12(8-6-11)24(21,22)23-16-10-9-13-14(17-16)3-2-4-15(13)18(19)20/h2-10H,1H3. The number of pyridine rings is 1. The molecule has 1 heterocycles. The smallest absolute Gasteiger partial charge is 0.340 e. The third kappa shape index (κ3) is 3.04. The highest BCUT2D eigenvalue weighted by atomic mass is 32.2. The lowest BCUT2D eigenvalue weighted by Crippen LogP contribution is -2.10. The van der Waals surface area contributed by atoms with Crippen molar-refractivity contribution in [2.45, 2.75) is 11.8 Å². The number of non-ortho nitro benzene ring substituents is 1. The second-order valence-electron chi connectivity index (χ2n) is 5.10. The Morgan fingerprint density at radius 1 is 1.04 bits per heavy atom. The second kappa shape index (κ2) is 5.89. The monoisotopic (exact) mass is 344 g/mol. The van der Waals surface area contributed by atoms with E-state index in [0.717, 1.165) is 5.56 Å². The van der Waals surface area contributed by atoms with Crippen molar-refractivity contribution in [1.82, 2.24) is 4.98 Å². The Kier molecular flexibility index (Phi) is 3.90. The van der Waals surface area contributed by atoms with E-state index in [2.05, 4.69) is 4.98 Å². The van der Waals surface area contributed by atoms with E-state index in [1.54, 1.807) is 18.2 Å². The molecule has 8 heteroatoms. The molecule has 0 bridgehead atoms. The minimum atomic E-state index is -4.02. The van der Waals surface area contributed by atoms with Crippen LogP contribution in [0, 0.1) is 17.0 Å². The fourth-order valence-electron chi connectivity index (χ4n) is 2.19. The number of aromatic nitrogens is 1. The van der Waals surface area contributed by atoms with E-state index in [1.165, 1.54) is 36.4 Å². The summed E-state index contributed by atoms with van der Waals surface area (Å²) in [6.07, 6.45) is 0. The molecule has 0 radical (unpaired) electrons. The lowest BCUT2D eigenvalue weighted by atomic mass is 10.2. The van der Waals surface area contributed by atoms with Gasteiger partial charge in [-0.15, -0.1) is 0 Å². The van der Waals surface area contributed by atoms with Gasteiger partial charge in [0.1, 0.15) is 4.90 Å². The quantitative estimate of drug-likeness (QED) is 0.409. The van der Waals surface area contributed by atoms with Gasteiger partial charge in [0.05, 0.1) is 15.8 Å². The van der Waals surface area contributed by atoms with Crippen molar-refractivity contribution < 1.29 is 17.5 Å². The molecule has 1 aromatic heterocycles. The van der Waals surface area contributed by atoms with Gasteiger partial charge in [0, 0.05) is 12.1 Å². The number of nitrogens with zero attached hydrogens (tertiary/aromatic N) is 2. The Hall–Kier alpha value is -3.00. The van der Waals surface area contributed by atoms with Crippen LogP contribution >= 0.6 is 0 Å². The molecule has 2 aromatic carbocycles. The molecule has 0 spiro atoms. The van der Waals surface area contributed by atoms with Crippen LogP contribution in [0.5, 0.6) is 5.88 Å². The molecule has 0 aliphatic heterocycles. The average molecular weight is 344 g/mol. The van der Waals surface area contributed by atoms with Gasteiger partial charge >= 0.3 is 10.1 Å². The SMILES string of the molecule is Cc1ccc(S(=O)(=O)Oc2ccc3c([N+](=O)[O-])cccc3n2)cc1. The van der Waals surface area contributed by atoms with Crippen LogP contribution in [0.1, 0.15) is 5.56 Å². The molecule has 7 nitrogen and oxygen atoms in total. The lowest BCUT2D eigenvalue weighted by Gasteiger charge is -2.07. The van der Waals surface area contributed by atoms with Gasteiger partial charge in [0.15, 0.2) is 0 Å². The summed E-state index contributed by atoms with van der Waals surface area (Å²) in [5.41, 5.74) is 1.10. The molecule has 0 N–H and O–H groups in total. The van der Waals surface area contributed by atoms with Crippen LogP contribution in [0.3, 0.4) is 0 Å². The van der Waals surface area contributed by atoms with E-state index in [0.29, 0.717) is 5.39 Å². The predicted molar refractivity (Wildman–Crippen MR) is 87.4 cm³/mol. The van der Waals surface area contributed by atoms with Crippen molar-refractivity contribution in [3.8, 4) is 5.88 Å². The van der Waals surface area contributed by atoms with E-state index in [1.807, 2.05) is 6.92 Å². The maximum atomic E-state index is 12.3. The molecule has 0 fully saturated rings. The maximum absolute atomic E-state index is 12.3. The average Bonchev–Trinajstić information content (AvgIpc) is 2.54. The number of hydrogen-bond acceptors (Lipinski definition) is 6. The van der Waals surface area contributed by atoms with Crippen molar-refractivity contribution in [2.75, 3.05) is 0 Å². The Balaban J connectivity index is 1.98. The fourth-order valence-corrected chi connectivity index (χ4v) is 3.07. The predicted octanol–water partition coefficient (Wildman–Crippen LogP) is 3.22. The minimum Gasteiger partial charge on any atom is -0.358 e. The molecule has 0 saturated carbocycles. The number of nitro benzene ring substituents is 1. The normalized spacial score (nSPS) is 11.4. The van der Waals surface area contributed by atoms with E-state index >= 15 is 0 Å². The zero-order chi connectivity index (χ0) is 17.3. The lowest BCUT2D eigenvalue weighted by molar-refractivity contribution is -0.383. The molecule has 3 aromatic rings. The van der Waals surface area contributed by atoms with Crippen molar-refractivity contribution >= 4 is 26.7 Å². The highest BCUT2D eigenvalue weighted by molar-refractivity contribution is 7.87. The number of benzene rings is 2. The first-order valence-corrected chi connectivity index (χ1v) is 8.33. The van der Waals surface area contributed by atoms with E-state index in [9.17, 15) is 18.5 Å². The molecule has 0 unspecified atom stereocenters. The molecule has 122 valence electrons. The van der Waals surface area contributed by atoms with Gasteiger partial charge in [-0.1, -0.05) is 23.8 Å². The second-order valence-corrected chi connectivity index (χ2v) is 6.65. The summed E-state index contributed by atoms with van der Waals surface area (Å²) in [4.78, 5) is 14.5. The van der Waals surface area contributed by atoms with Crippen LogP contribution < -0.4 is 4.18 Å². The Bertz CT molecular complexity index is 1030. The van der Waals surface area contributed by atoms with Crippen LogP contribution in [0.15, 0.2) is 59.5 Å². The molecule has 0 atom stereocenters. The van der Waals surface area contributed by atoms with Crippen molar-refractivity contribution in [3.05, 3.63) is 70.3 Å². The van der Waals surface area contributed by atoms with Crippen LogP contribution in [0.25, 0.3) is 10.9 Å². The van der Waals surface area contributed by atoms with Gasteiger partial charge in [-0.05, 0) is 31.2 Å². The Labute approximate surface area is 137 Å². The first-order chi connectivity index (χ1) is 11.4. The van der Waals surface area contributed by atoms with Crippen LogP contribution in [0.4, 0.5) is 5.69 Å². The molecule has 0 saturated heterocycles. The molecule has 0 amide bonds. The molecule has 24 heavy (non-hydrogen) atoms. The van der Waals surface area contributed by atoms with Gasteiger partial charge in [0.2, 0.25) is 5.88 Å². The summed E-state index contributed by atoms with van der Waals surface area (Å²) in [5.74, 6) is -0.149. The summed E-state index contributed by atoms with van der Waals surface area (Å²) in [7, 11) is -4.02. The number of aryl methyl sites for hydroxylation is 1. The molecule has 0 aliphatic rings. The summed E-state index contributed by atoms with van der Waals surface area (Å²) < 4.78 is 29.5. The third-order valence-electron chi connectivity index (χ3n) is 3.38. The highest BCUT2D eigenvalue weighted by Crippen LogP contribution is 2.27. The van der Waals surface area contributed by atoms with Crippen LogP contribution in [-0.2, 0) is 10.1 Å². The van der Waals surface area contributed by atoms with Crippen LogP contribution in [0.2, 0.25) is 0 Å². The van der Waals surface area contributed by atoms with Gasteiger partial charge in [-0.25, -0.2) is 4.98 Å². The minimum absolute atomic E-state index is 0.00837. The van der Waals surface area contributed by atoms with Gasteiger partial charge < -0.3 is 4.18 Å². The van der Waals surface area contributed by atoms with Crippen molar-refractivity contribution in [1.29, 1.82) is 0 Å². The van der Waals surface area contributed by atoms with Gasteiger partial charge in [-0.3, -0.25) is 10.1 Å². The van der Waals surface area contributed by atoms with Crippen molar-refractivity contribution in [3.63, 3.8) is 0 Å².